The maximum atomic E-state index is 10.3. The molecule has 9 aromatic rings. The highest BCUT2D eigenvalue weighted by Crippen LogP contribution is 2.38. The number of furan rings is 2. The average molecular weight is 609 g/mol. The van der Waals surface area contributed by atoms with E-state index in [0.717, 1.165) is 43.8 Å². The number of benzene rings is 6. The quantitative estimate of drug-likeness (QED) is 0.190. The van der Waals surface area contributed by atoms with Crippen LogP contribution in [0.15, 0.2) is 142 Å². The Morgan fingerprint density at radius 2 is 0.915 bits per heavy atom. The van der Waals surface area contributed by atoms with Crippen molar-refractivity contribution in [1.29, 1.82) is 0 Å². The van der Waals surface area contributed by atoms with Gasteiger partial charge < -0.3 is 18.9 Å². The monoisotopic (exact) mass is 609 g/mol. The van der Waals surface area contributed by atoms with Gasteiger partial charge >= 0.3 is 7.12 Å². The SMILES string of the molecule is OB(O)c1cc(-c2ccccc2)cc(-c2nc(-c3cccc4c3oc3ccccc34)nc(-c3cccc4c3oc3ccccc34)n2)c1. The Kier molecular flexibility index (Phi) is 6.24. The summed E-state index contributed by atoms with van der Waals surface area (Å²) in [6.07, 6.45) is 0. The fourth-order valence-corrected chi connectivity index (χ4v) is 6.32. The fraction of sp³-hybridized carbons (Fsp3) is 0. The highest BCUT2D eigenvalue weighted by molar-refractivity contribution is 6.58. The summed E-state index contributed by atoms with van der Waals surface area (Å²) >= 11 is 0. The topological polar surface area (TPSA) is 105 Å². The Labute approximate surface area is 268 Å². The van der Waals surface area contributed by atoms with E-state index in [2.05, 4.69) is 0 Å². The molecule has 0 bridgehead atoms. The predicted octanol–water partition coefficient (Wildman–Crippen LogP) is 8.02. The molecule has 0 aliphatic rings. The Balaban J connectivity index is 1.33. The van der Waals surface area contributed by atoms with E-state index in [4.69, 9.17) is 23.8 Å². The van der Waals surface area contributed by atoms with Crippen LogP contribution < -0.4 is 5.46 Å². The maximum absolute atomic E-state index is 10.3. The van der Waals surface area contributed by atoms with E-state index in [-0.39, 0.29) is 0 Å². The smallest absolute Gasteiger partial charge is 0.455 e. The first kappa shape index (κ1) is 27.2. The summed E-state index contributed by atoms with van der Waals surface area (Å²) in [7, 11) is -1.69. The first-order valence-electron chi connectivity index (χ1n) is 15.2. The van der Waals surface area contributed by atoms with Gasteiger partial charge in [0.2, 0.25) is 0 Å². The minimum Gasteiger partial charge on any atom is -0.455 e. The zero-order chi connectivity index (χ0) is 31.5. The van der Waals surface area contributed by atoms with Gasteiger partial charge in [0.1, 0.15) is 22.3 Å². The van der Waals surface area contributed by atoms with Crippen LogP contribution in [0.25, 0.3) is 89.2 Å². The lowest BCUT2D eigenvalue weighted by Crippen LogP contribution is -2.30. The lowest BCUT2D eigenvalue weighted by Gasteiger charge is -2.12. The number of para-hydroxylation sites is 4. The second kappa shape index (κ2) is 10.8. The largest absolute Gasteiger partial charge is 0.488 e. The Bertz CT molecular complexity index is 2500. The third-order valence-electron chi connectivity index (χ3n) is 8.54. The molecule has 47 heavy (non-hydrogen) atoms. The van der Waals surface area contributed by atoms with Crippen LogP contribution in [0.4, 0.5) is 0 Å². The van der Waals surface area contributed by atoms with Crippen molar-refractivity contribution < 1.29 is 18.9 Å². The second-order valence-corrected chi connectivity index (χ2v) is 11.5. The Morgan fingerprint density at radius 3 is 1.49 bits per heavy atom. The molecule has 0 atom stereocenters. The van der Waals surface area contributed by atoms with Gasteiger partial charge in [0.25, 0.3) is 0 Å². The number of hydrogen-bond acceptors (Lipinski definition) is 7. The van der Waals surface area contributed by atoms with E-state index in [1.165, 1.54) is 0 Å². The summed E-state index contributed by atoms with van der Waals surface area (Å²) in [5.74, 6) is 1.20. The van der Waals surface area contributed by atoms with Crippen LogP contribution in [0.1, 0.15) is 0 Å². The normalized spacial score (nSPS) is 11.6. The van der Waals surface area contributed by atoms with Crippen molar-refractivity contribution in [3.8, 4) is 45.3 Å². The van der Waals surface area contributed by atoms with Crippen LogP contribution in [0.3, 0.4) is 0 Å². The van der Waals surface area contributed by atoms with Gasteiger partial charge in [0, 0.05) is 27.1 Å². The van der Waals surface area contributed by atoms with Gasteiger partial charge in [-0.15, -0.1) is 0 Å². The van der Waals surface area contributed by atoms with Gasteiger partial charge in [-0.1, -0.05) is 103 Å². The van der Waals surface area contributed by atoms with E-state index in [0.29, 0.717) is 50.8 Å². The molecule has 0 fully saturated rings. The number of nitrogens with zero attached hydrogens (tertiary/aromatic N) is 3. The van der Waals surface area contributed by atoms with Crippen LogP contribution >= 0.6 is 0 Å². The number of hydrogen-bond donors (Lipinski definition) is 2. The number of aromatic nitrogens is 3. The molecule has 2 N–H and O–H groups in total. The van der Waals surface area contributed by atoms with Gasteiger partial charge in [0.05, 0.1) is 11.1 Å². The molecule has 6 aromatic carbocycles. The van der Waals surface area contributed by atoms with Crippen molar-refractivity contribution in [2.24, 2.45) is 0 Å². The molecule has 0 aliphatic carbocycles. The molecule has 0 spiro atoms. The van der Waals surface area contributed by atoms with E-state index >= 15 is 0 Å². The highest BCUT2D eigenvalue weighted by atomic mass is 16.4. The summed E-state index contributed by atoms with van der Waals surface area (Å²) in [6.45, 7) is 0. The van der Waals surface area contributed by atoms with Crippen molar-refractivity contribution >= 4 is 56.5 Å². The van der Waals surface area contributed by atoms with Crippen LogP contribution in [-0.4, -0.2) is 32.1 Å². The third-order valence-corrected chi connectivity index (χ3v) is 8.54. The Morgan fingerprint density at radius 1 is 0.426 bits per heavy atom. The number of rotatable bonds is 5. The van der Waals surface area contributed by atoms with Crippen molar-refractivity contribution in [1.82, 2.24) is 15.0 Å². The van der Waals surface area contributed by atoms with Crippen LogP contribution in [0.2, 0.25) is 0 Å². The summed E-state index contributed by atoms with van der Waals surface area (Å²) in [6, 6.07) is 42.9. The summed E-state index contributed by atoms with van der Waals surface area (Å²) in [4.78, 5) is 15.0. The lowest BCUT2D eigenvalue weighted by atomic mass is 9.78. The van der Waals surface area contributed by atoms with E-state index in [1.807, 2.05) is 121 Å². The molecule has 0 saturated heterocycles. The first-order chi connectivity index (χ1) is 23.1. The fourth-order valence-electron chi connectivity index (χ4n) is 6.32. The minimum absolute atomic E-state index is 0.323. The molecule has 222 valence electrons. The summed E-state index contributed by atoms with van der Waals surface area (Å²) in [5, 5.41) is 24.5. The highest BCUT2D eigenvalue weighted by Gasteiger charge is 2.22. The van der Waals surface area contributed by atoms with Crippen molar-refractivity contribution in [3.05, 3.63) is 133 Å². The van der Waals surface area contributed by atoms with Gasteiger partial charge in [-0.05, 0) is 46.9 Å². The van der Waals surface area contributed by atoms with Crippen molar-refractivity contribution in [2.45, 2.75) is 0 Å². The maximum Gasteiger partial charge on any atom is 0.488 e. The third kappa shape index (κ3) is 4.58. The molecule has 9 rings (SSSR count). The standard InChI is InChI=1S/C39H24BN3O4/c44-40(45)26-21-24(23-10-2-1-3-11-23)20-25(22-26)37-41-38(31-16-8-14-29-27-12-4-6-18-33(27)46-35(29)31)43-39(42-37)32-17-9-15-30-28-13-5-7-19-34(28)47-36(30)32/h1-22,44-45H. The molecule has 3 aromatic heterocycles. The lowest BCUT2D eigenvalue weighted by molar-refractivity contribution is 0.426. The first-order valence-corrected chi connectivity index (χ1v) is 15.2. The average Bonchev–Trinajstić information content (AvgIpc) is 3.70. The molecular formula is C39H24BN3O4. The van der Waals surface area contributed by atoms with E-state index < -0.39 is 7.12 Å². The second-order valence-electron chi connectivity index (χ2n) is 11.5. The molecule has 0 amide bonds. The van der Waals surface area contributed by atoms with Crippen LogP contribution in [0, 0.1) is 0 Å². The molecule has 0 saturated carbocycles. The van der Waals surface area contributed by atoms with Crippen molar-refractivity contribution in [2.75, 3.05) is 0 Å². The molecule has 3 heterocycles. The minimum atomic E-state index is -1.69. The van der Waals surface area contributed by atoms with Crippen molar-refractivity contribution in [3.63, 3.8) is 0 Å². The van der Waals surface area contributed by atoms with E-state index in [9.17, 15) is 10.0 Å². The van der Waals surface area contributed by atoms with Gasteiger partial charge in [-0.25, -0.2) is 15.0 Å². The van der Waals surface area contributed by atoms with Gasteiger partial charge in [-0.2, -0.15) is 0 Å². The van der Waals surface area contributed by atoms with Crippen LogP contribution in [0.5, 0.6) is 0 Å². The molecule has 0 aliphatic heterocycles. The zero-order valence-corrected chi connectivity index (χ0v) is 24.8. The molecule has 0 unspecified atom stereocenters. The number of fused-ring (bicyclic) bond motifs is 6. The zero-order valence-electron chi connectivity index (χ0n) is 24.8. The Hall–Kier alpha value is -6.09. The molecule has 8 heteroatoms. The summed E-state index contributed by atoms with van der Waals surface area (Å²) < 4.78 is 12.8. The molecule has 7 nitrogen and oxygen atoms in total. The summed E-state index contributed by atoms with van der Waals surface area (Å²) in [5.41, 5.74) is 6.95. The molecule has 0 radical (unpaired) electrons. The van der Waals surface area contributed by atoms with Gasteiger partial charge in [0.15, 0.2) is 17.5 Å². The van der Waals surface area contributed by atoms with Crippen LogP contribution in [-0.2, 0) is 0 Å². The van der Waals surface area contributed by atoms with Gasteiger partial charge in [-0.3, -0.25) is 0 Å². The van der Waals surface area contributed by atoms with E-state index in [1.54, 1.807) is 12.1 Å². The predicted molar refractivity (Wildman–Crippen MR) is 186 cm³/mol. The molecular weight excluding hydrogens is 585 g/mol.